The third-order valence-corrected chi connectivity index (χ3v) is 5.41. The molecule has 0 fully saturated rings. The molecule has 2 aliphatic rings. The molecule has 0 saturated carbocycles. The molecular formula is C13H16BrNOS. The van der Waals surface area contributed by atoms with Gasteiger partial charge in [0.2, 0.25) is 0 Å². The van der Waals surface area contributed by atoms with Gasteiger partial charge >= 0.3 is 0 Å². The van der Waals surface area contributed by atoms with Crippen molar-refractivity contribution in [2.45, 2.75) is 36.8 Å². The maximum absolute atomic E-state index is 6.33. The first-order valence-electron chi connectivity index (χ1n) is 6.01. The van der Waals surface area contributed by atoms with Crippen molar-refractivity contribution in [2.24, 2.45) is 5.73 Å². The van der Waals surface area contributed by atoms with Crippen LogP contribution in [0.5, 0.6) is 5.75 Å². The molecule has 1 unspecified atom stereocenters. The van der Waals surface area contributed by atoms with E-state index < -0.39 is 0 Å². The normalized spacial score (nSPS) is 27.0. The average Bonchev–Trinajstić information content (AvgIpc) is 2.66. The predicted octanol–water partition coefficient (Wildman–Crippen LogP) is 3.41. The lowest BCUT2D eigenvalue weighted by molar-refractivity contribution is 0.354. The van der Waals surface area contributed by atoms with Crippen LogP contribution in [-0.4, -0.2) is 11.9 Å². The highest BCUT2D eigenvalue weighted by molar-refractivity contribution is 9.10. The molecule has 3 rings (SSSR count). The SMILES string of the molecule is CC1C[C@H](N)c2c(Br)cc3c(c2CS1)OCC3. The fourth-order valence-corrected chi connectivity index (χ4v) is 4.59. The molecule has 0 bridgehead atoms. The van der Waals surface area contributed by atoms with Gasteiger partial charge in [-0.2, -0.15) is 11.8 Å². The van der Waals surface area contributed by atoms with Gasteiger partial charge in [-0.25, -0.2) is 0 Å². The first-order valence-corrected chi connectivity index (χ1v) is 7.85. The summed E-state index contributed by atoms with van der Waals surface area (Å²) < 4.78 is 6.97. The van der Waals surface area contributed by atoms with Crippen LogP contribution in [0.4, 0.5) is 0 Å². The van der Waals surface area contributed by atoms with Crippen LogP contribution in [0.15, 0.2) is 10.5 Å². The van der Waals surface area contributed by atoms with Gasteiger partial charge in [0.05, 0.1) is 6.61 Å². The van der Waals surface area contributed by atoms with Crippen LogP contribution in [0.25, 0.3) is 0 Å². The highest BCUT2D eigenvalue weighted by atomic mass is 79.9. The van der Waals surface area contributed by atoms with Crippen LogP contribution in [-0.2, 0) is 12.2 Å². The minimum absolute atomic E-state index is 0.124. The van der Waals surface area contributed by atoms with Crippen LogP contribution >= 0.6 is 27.7 Å². The Kier molecular flexibility index (Phi) is 3.13. The Labute approximate surface area is 114 Å². The summed E-state index contributed by atoms with van der Waals surface area (Å²) in [6.45, 7) is 3.07. The molecule has 2 atom stereocenters. The summed E-state index contributed by atoms with van der Waals surface area (Å²) in [5, 5.41) is 0.612. The molecule has 0 aromatic heterocycles. The summed E-state index contributed by atoms with van der Waals surface area (Å²) in [5.74, 6) is 2.13. The Morgan fingerprint density at radius 3 is 3.18 bits per heavy atom. The van der Waals surface area contributed by atoms with Crippen LogP contribution in [0, 0.1) is 0 Å². The van der Waals surface area contributed by atoms with Gasteiger partial charge in [-0.15, -0.1) is 0 Å². The maximum atomic E-state index is 6.33. The lowest BCUT2D eigenvalue weighted by Gasteiger charge is -2.17. The molecular weight excluding hydrogens is 298 g/mol. The van der Waals surface area contributed by atoms with E-state index in [1.807, 2.05) is 11.8 Å². The molecule has 2 N–H and O–H groups in total. The van der Waals surface area contributed by atoms with E-state index in [1.54, 1.807) is 0 Å². The van der Waals surface area contributed by atoms with E-state index in [2.05, 4.69) is 28.9 Å². The van der Waals surface area contributed by atoms with E-state index in [-0.39, 0.29) is 6.04 Å². The van der Waals surface area contributed by atoms with Gasteiger partial charge in [-0.3, -0.25) is 0 Å². The average molecular weight is 314 g/mol. The van der Waals surface area contributed by atoms with E-state index >= 15 is 0 Å². The largest absolute Gasteiger partial charge is 0.493 e. The minimum Gasteiger partial charge on any atom is -0.493 e. The number of halogens is 1. The quantitative estimate of drug-likeness (QED) is 0.797. The summed E-state index contributed by atoms with van der Waals surface area (Å²) in [4.78, 5) is 0. The van der Waals surface area contributed by atoms with E-state index in [1.165, 1.54) is 21.2 Å². The van der Waals surface area contributed by atoms with Gasteiger partial charge in [-0.1, -0.05) is 22.9 Å². The Balaban J connectivity index is 2.16. The summed E-state index contributed by atoms with van der Waals surface area (Å²) in [5.41, 5.74) is 10.3. The van der Waals surface area contributed by atoms with E-state index in [4.69, 9.17) is 10.5 Å². The third-order valence-electron chi connectivity index (χ3n) is 3.54. The number of thioether (sulfide) groups is 1. The summed E-state index contributed by atoms with van der Waals surface area (Å²) in [6.07, 6.45) is 2.06. The molecule has 17 heavy (non-hydrogen) atoms. The van der Waals surface area contributed by atoms with Crippen LogP contribution in [0.3, 0.4) is 0 Å². The zero-order valence-electron chi connectivity index (χ0n) is 9.83. The molecule has 92 valence electrons. The van der Waals surface area contributed by atoms with Crippen molar-refractivity contribution < 1.29 is 4.74 Å². The topological polar surface area (TPSA) is 35.2 Å². The molecule has 0 amide bonds. The summed E-state index contributed by atoms with van der Waals surface area (Å²) in [6, 6.07) is 2.32. The van der Waals surface area contributed by atoms with Gasteiger partial charge in [0.1, 0.15) is 5.75 Å². The highest BCUT2D eigenvalue weighted by Crippen LogP contribution is 2.44. The molecule has 2 heterocycles. The third kappa shape index (κ3) is 2.00. The first kappa shape index (κ1) is 11.9. The smallest absolute Gasteiger partial charge is 0.127 e. The molecule has 1 aromatic rings. The van der Waals surface area contributed by atoms with Gasteiger partial charge in [0.25, 0.3) is 0 Å². The molecule has 0 aliphatic carbocycles. The molecule has 0 radical (unpaired) electrons. The predicted molar refractivity (Wildman–Crippen MR) is 75.6 cm³/mol. The van der Waals surface area contributed by atoms with Crippen molar-refractivity contribution in [3.8, 4) is 5.75 Å². The number of rotatable bonds is 0. The molecule has 2 nitrogen and oxygen atoms in total. The second-order valence-electron chi connectivity index (χ2n) is 4.80. The zero-order valence-corrected chi connectivity index (χ0v) is 12.2. The van der Waals surface area contributed by atoms with E-state index in [9.17, 15) is 0 Å². The van der Waals surface area contributed by atoms with Gasteiger partial charge in [0.15, 0.2) is 0 Å². The van der Waals surface area contributed by atoms with Crippen molar-refractivity contribution >= 4 is 27.7 Å². The molecule has 0 saturated heterocycles. The maximum Gasteiger partial charge on any atom is 0.127 e. The molecule has 2 aliphatic heterocycles. The Morgan fingerprint density at radius 1 is 1.53 bits per heavy atom. The Bertz CT molecular complexity index is 463. The number of hydrogen-bond donors (Lipinski definition) is 1. The zero-order chi connectivity index (χ0) is 12.0. The lowest BCUT2D eigenvalue weighted by atomic mass is 9.95. The fraction of sp³-hybridized carbons (Fsp3) is 0.538. The van der Waals surface area contributed by atoms with Crippen LogP contribution in [0.1, 0.15) is 36.1 Å². The van der Waals surface area contributed by atoms with Crippen molar-refractivity contribution in [1.82, 2.24) is 0 Å². The van der Waals surface area contributed by atoms with Crippen LogP contribution < -0.4 is 10.5 Å². The summed E-state index contributed by atoms with van der Waals surface area (Å²) in [7, 11) is 0. The van der Waals surface area contributed by atoms with E-state index in [0.29, 0.717) is 5.25 Å². The molecule has 1 aromatic carbocycles. The molecule has 4 heteroatoms. The number of nitrogens with two attached hydrogens (primary N) is 1. The number of ether oxygens (including phenoxy) is 1. The monoisotopic (exact) mass is 313 g/mol. The first-order chi connectivity index (χ1) is 8.16. The number of hydrogen-bond acceptors (Lipinski definition) is 3. The van der Waals surface area contributed by atoms with Gasteiger partial charge in [-0.05, 0) is 23.6 Å². The van der Waals surface area contributed by atoms with Crippen molar-refractivity contribution in [1.29, 1.82) is 0 Å². The van der Waals surface area contributed by atoms with Crippen molar-refractivity contribution in [3.63, 3.8) is 0 Å². The highest BCUT2D eigenvalue weighted by Gasteiger charge is 2.28. The number of benzene rings is 1. The van der Waals surface area contributed by atoms with Crippen molar-refractivity contribution in [2.75, 3.05) is 6.61 Å². The minimum atomic E-state index is 0.124. The standard InChI is InChI=1S/C13H16BrNOS/c1-7-4-11(15)12-9(6-17-7)13-8(2-3-16-13)5-10(12)14/h5,7,11H,2-4,6,15H2,1H3/t7?,11-/m0/s1. The Hall–Kier alpha value is -0.190. The van der Waals surface area contributed by atoms with Gasteiger partial charge in [0, 0.05) is 33.5 Å². The fourth-order valence-electron chi connectivity index (χ4n) is 2.70. The Morgan fingerprint density at radius 2 is 2.35 bits per heavy atom. The summed E-state index contributed by atoms with van der Waals surface area (Å²) >= 11 is 5.67. The van der Waals surface area contributed by atoms with E-state index in [0.717, 1.165) is 31.0 Å². The number of fused-ring (bicyclic) bond motifs is 3. The van der Waals surface area contributed by atoms with Crippen molar-refractivity contribution in [3.05, 3.63) is 27.2 Å². The lowest BCUT2D eigenvalue weighted by Crippen LogP contribution is -2.15. The second kappa shape index (κ2) is 4.48. The van der Waals surface area contributed by atoms with Crippen LogP contribution in [0.2, 0.25) is 0 Å². The molecule has 0 spiro atoms. The second-order valence-corrected chi connectivity index (χ2v) is 7.08. The van der Waals surface area contributed by atoms with Gasteiger partial charge < -0.3 is 10.5 Å².